The van der Waals surface area contributed by atoms with Crippen molar-refractivity contribution in [3.05, 3.63) is 29.8 Å². The number of morpholine rings is 1. The van der Waals surface area contributed by atoms with Gasteiger partial charge in [-0.1, -0.05) is 31.5 Å². The lowest BCUT2D eigenvalue weighted by Gasteiger charge is -2.35. The van der Waals surface area contributed by atoms with Gasteiger partial charge >= 0.3 is 0 Å². The Balaban J connectivity index is 2.22. The van der Waals surface area contributed by atoms with Gasteiger partial charge in [-0.25, -0.2) is 0 Å². The number of methoxy groups -OCH3 is 1. The second kappa shape index (κ2) is 6.76. The highest BCUT2D eigenvalue weighted by Gasteiger charge is 2.24. The van der Waals surface area contributed by atoms with E-state index in [-0.39, 0.29) is 0 Å². The third-order valence-corrected chi connectivity index (χ3v) is 3.55. The highest BCUT2D eigenvalue weighted by Crippen LogP contribution is 2.32. The molecule has 0 spiro atoms. The van der Waals surface area contributed by atoms with Crippen molar-refractivity contribution >= 4 is 0 Å². The first kappa shape index (κ1) is 13.4. The SMILES string of the molecule is CCCC(c1ccccc1OC)N1CCOCC1. The van der Waals surface area contributed by atoms with Crippen molar-refractivity contribution in [2.75, 3.05) is 33.4 Å². The number of nitrogens with zero attached hydrogens (tertiary/aromatic N) is 1. The van der Waals surface area contributed by atoms with Gasteiger partial charge in [0.05, 0.1) is 20.3 Å². The Morgan fingerprint density at radius 2 is 2.00 bits per heavy atom. The van der Waals surface area contributed by atoms with E-state index in [2.05, 4.69) is 30.0 Å². The first-order valence-corrected chi connectivity index (χ1v) is 6.81. The molecular formula is C15H23NO2. The minimum Gasteiger partial charge on any atom is -0.496 e. The van der Waals surface area contributed by atoms with Crippen molar-refractivity contribution in [1.82, 2.24) is 4.90 Å². The maximum atomic E-state index is 5.51. The molecule has 0 aliphatic carbocycles. The summed E-state index contributed by atoms with van der Waals surface area (Å²) in [5.41, 5.74) is 1.31. The summed E-state index contributed by atoms with van der Waals surface area (Å²) in [4.78, 5) is 2.52. The van der Waals surface area contributed by atoms with Gasteiger partial charge in [0.15, 0.2) is 0 Å². The van der Waals surface area contributed by atoms with Crippen LogP contribution in [0.25, 0.3) is 0 Å². The van der Waals surface area contributed by atoms with Crippen LogP contribution in [0.1, 0.15) is 31.4 Å². The maximum Gasteiger partial charge on any atom is 0.123 e. The predicted molar refractivity (Wildman–Crippen MR) is 73.0 cm³/mol. The van der Waals surface area contributed by atoms with Crippen molar-refractivity contribution in [2.24, 2.45) is 0 Å². The molecule has 1 aliphatic heterocycles. The Labute approximate surface area is 110 Å². The third-order valence-electron chi connectivity index (χ3n) is 3.55. The second-order valence-corrected chi connectivity index (χ2v) is 4.69. The van der Waals surface area contributed by atoms with E-state index in [1.54, 1.807) is 7.11 Å². The van der Waals surface area contributed by atoms with E-state index in [1.165, 1.54) is 18.4 Å². The summed E-state index contributed by atoms with van der Waals surface area (Å²) < 4.78 is 11.0. The van der Waals surface area contributed by atoms with E-state index in [0.717, 1.165) is 32.1 Å². The molecule has 0 bridgehead atoms. The molecule has 0 N–H and O–H groups in total. The van der Waals surface area contributed by atoms with E-state index in [1.807, 2.05) is 6.07 Å². The first-order valence-electron chi connectivity index (χ1n) is 6.81. The Bertz CT molecular complexity index is 361. The molecule has 100 valence electrons. The van der Waals surface area contributed by atoms with Crippen LogP contribution in [-0.4, -0.2) is 38.3 Å². The molecule has 1 atom stereocenters. The second-order valence-electron chi connectivity index (χ2n) is 4.69. The van der Waals surface area contributed by atoms with E-state index >= 15 is 0 Å². The van der Waals surface area contributed by atoms with Crippen molar-refractivity contribution < 1.29 is 9.47 Å². The van der Waals surface area contributed by atoms with Crippen molar-refractivity contribution in [3.63, 3.8) is 0 Å². The normalized spacial score (nSPS) is 18.6. The zero-order chi connectivity index (χ0) is 12.8. The van der Waals surface area contributed by atoms with Crippen LogP contribution in [0.15, 0.2) is 24.3 Å². The molecule has 3 heteroatoms. The standard InChI is InChI=1S/C15H23NO2/c1-3-6-14(16-9-11-18-12-10-16)13-7-4-5-8-15(13)17-2/h4-5,7-8,14H,3,6,9-12H2,1-2H3. The lowest BCUT2D eigenvalue weighted by molar-refractivity contribution is 0.0136. The van der Waals surface area contributed by atoms with Crippen LogP contribution >= 0.6 is 0 Å². The maximum absolute atomic E-state index is 5.51. The summed E-state index contributed by atoms with van der Waals surface area (Å²) in [6, 6.07) is 8.83. The van der Waals surface area contributed by atoms with Crippen molar-refractivity contribution in [1.29, 1.82) is 0 Å². The Kier molecular flexibility index (Phi) is 5.02. The fourth-order valence-electron chi connectivity index (χ4n) is 2.64. The summed E-state index contributed by atoms with van der Waals surface area (Å²) in [6.45, 7) is 5.96. The number of hydrogen-bond donors (Lipinski definition) is 0. The molecule has 3 nitrogen and oxygen atoms in total. The average molecular weight is 249 g/mol. The highest BCUT2D eigenvalue weighted by molar-refractivity contribution is 5.36. The van der Waals surface area contributed by atoms with Gasteiger partial charge in [0.1, 0.15) is 5.75 Å². The molecule has 1 heterocycles. The lowest BCUT2D eigenvalue weighted by Crippen LogP contribution is -2.39. The first-order chi connectivity index (χ1) is 8.86. The third kappa shape index (κ3) is 3.03. The molecule has 18 heavy (non-hydrogen) atoms. The van der Waals surface area contributed by atoms with E-state index in [4.69, 9.17) is 9.47 Å². The molecule has 0 aromatic heterocycles. The molecule has 1 aromatic rings. The van der Waals surface area contributed by atoms with Gasteiger partial charge < -0.3 is 9.47 Å². The van der Waals surface area contributed by atoms with Gasteiger partial charge in [-0.3, -0.25) is 4.90 Å². The largest absolute Gasteiger partial charge is 0.496 e. The Morgan fingerprint density at radius 3 is 2.67 bits per heavy atom. The monoisotopic (exact) mass is 249 g/mol. The molecule has 0 radical (unpaired) electrons. The summed E-state index contributed by atoms with van der Waals surface area (Å²) in [5, 5.41) is 0. The van der Waals surface area contributed by atoms with E-state index in [0.29, 0.717) is 6.04 Å². The summed E-state index contributed by atoms with van der Waals surface area (Å²) >= 11 is 0. The summed E-state index contributed by atoms with van der Waals surface area (Å²) in [7, 11) is 1.75. The zero-order valence-corrected chi connectivity index (χ0v) is 11.4. The van der Waals surface area contributed by atoms with Crippen LogP contribution < -0.4 is 4.74 Å². The van der Waals surface area contributed by atoms with Crippen LogP contribution in [0.4, 0.5) is 0 Å². The van der Waals surface area contributed by atoms with Gasteiger partial charge in [-0.15, -0.1) is 0 Å². The van der Waals surface area contributed by atoms with Crippen molar-refractivity contribution in [2.45, 2.75) is 25.8 Å². The number of rotatable bonds is 5. The van der Waals surface area contributed by atoms with E-state index < -0.39 is 0 Å². The van der Waals surface area contributed by atoms with Crippen LogP contribution in [0.3, 0.4) is 0 Å². The molecule has 1 aromatic carbocycles. The molecule has 1 saturated heterocycles. The van der Waals surface area contributed by atoms with Crippen LogP contribution in [-0.2, 0) is 4.74 Å². The highest BCUT2D eigenvalue weighted by atomic mass is 16.5. The molecule has 0 amide bonds. The van der Waals surface area contributed by atoms with Gasteiger partial charge in [-0.05, 0) is 12.5 Å². The minimum absolute atomic E-state index is 0.454. The van der Waals surface area contributed by atoms with Gasteiger partial charge in [0.2, 0.25) is 0 Å². The fourth-order valence-corrected chi connectivity index (χ4v) is 2.64. The summed E-state index contributed by atoms with van der Waals surface area (Å²) in [6.07, 6.45) is 2.35. The van der Waals surface area contributed by atoms with Crippen LogP contribution in [0.5, 0.6) is 5.75 Å². The minimum atomic E-state index is 0.454. The van der Waals surface area contributed by atoms with Crippen LogP contribution in [0, 0.1) is 0 Å². The number of benzene rings is 1. The average Bonchev–Trinajstić information content (AvgIpc) is 2.46. The quantitative estimate of drug-likeness (QED) is 0.801. The van der Waals surface area contributed by atoms with Crippen molar-refractivity contribution in [3.8, 4) is 5.75 Å². The lowest BCUT2D eigenvalue weighted by atomic mass is 9.99. The molecule has 1 aliphatic rings. The molecule has 1 unspecified atom stereocenters. The predicted octanol–water partition coefficient (Wildman–Crippen LogP) is 2.87. The molecule has 2 rings (SSSR count). The smallest absolute Gasteiger partial charge is 0.123 e. The number of para-hydroxylation sites is 1. The van der Waals surface area contributed by atoms with E-state index in [9.17, 15) is 0 Å². The van der Waals surface area contributed by atoms with Crippen LogP contribution in [0.2, 0.25) is 0 Å². The Morgan fingerprint density at radius 1 is 1.28 bits per heavy atom. The number of ether oxygens (including phenoxy) is 2. The fraction of sp³-hybridized carbons (Fsp3) is 0.600. The topological polar surface area (TPSA) is 21.7 Å². The molecule has 0 saturated carbocycles. The molecular weight excluding hydrogens is 226 g/mol. The summed E-state index contributed by atoms with van der Waals surface area (Å²) in [5.74, 6) is 1.00. The zero-order valence-electron chi connectivity index (χ0n) is 11.4. The molecule has 1 fully saturated rings. The Hall–Kier alpha value is -1.06. The van der Waals surface area contributed by atoms with Gasteiger partial charge in [0.25, 0.3) is 0 Å². The number of hydrogen-bond acceptors (Lipinski definition) is 3. The van der Waals surface area contributed by atoms with Gasteiger partial charge in [0, 0.05) is 24.7 Å². The van der Waals surface area contributed by atoms with Gasteiger partial charge in [-0.2, -0.15) is 0 Å².